The largest absolute Gasteiger partial charge is 0.274 e. The lowest BCUT2D eigenvalue weighted by molar-refractivity contribution is -0.122. The Morgan fingerprint density at radius 3 is 1.78 bits per heavy atom. The summed E-state index contributed by atoms with van der Waals surface area (Å²) in [5, 5.41) is 0. The van der Waals surface area contributed by atoms with Crippen LogP contribution in [-0.4, -0.2) is 11.8 Å². The quantitative estimate of drug-likeness (QED) is 0.583. The monoisotopic (exact) mass is 355 g/mol. The van der Waals surface area contributed by atoms with Gasteiger partial charge in [-0.3, -0.25) is 9.59 Å². The van der Waals surface area contributed by atoms with Gasteiger partial charge in [0, 0.05) is 11.8 Å². The van der Waals surface area contributed by atoms with Gasteiger partial charge in [0.05, 0.1) is 17.5 Å². The second-order valence-electron chi connectivity index (χ2n) is 7.87. The fourth-order valence-corrected chi connectivity index (χ4v) is 5.12. The molecule has 1 saturated carbocycles. The molecule has 2 amide bonds. The first-order chi connectivity index (χ1) is 13.1. The van der Waals surface area contributed by atoms with Gasteiger partial charge in [-0.1, -0.05) is 65.8 Å². The third-order valence-electron chi connectivity index (χ3n) is 6.23. The van der Waals surface area contributed by atoms with Crippen molar-refractivity contribution < 1.29 is 9.59 Å². The standard InChI is InChI=1S/C24H21NO2/c1-14(2)20-18-12-13-19(20)22-21(18)23(26)25(24(22)27)17-10-8-16(9-11-17)15-6-4-3-5-7-15/h3-13,18-19,21-22H,1-2H3/t18-,19-,21+,22+/m1/s1. The van der Waals surface area contributed by atoms with Crippen molar-refractivity contribution in [3.8, 4) is 11.1 Å². The van der Waals surface area contributed by atoms with Crippen LogP contribution in [0.15, 0.2) is 77.9 Å². The van der Waals surface area contributed by atoms with E-state index in [1.165, 1.54) is 16.0 Å². The highest BCUT2D eigenvalue weighted by Crippen LogP contribution is 2.57. The Labute approximate surface area is 159 Å². The maximum Gasteiger partial charge on any atom is 0.238 e. The average molecular weight is 355 g/mol. The minimum Gasteiger partial charge on any atom is -0.274 e. The van der Waals surface area contributed by atoms with Gasteiger partial charge in [-0.25, -0.2) is 4.90 Å². The van der Waals surface area contributed by atoms with Crippen molar-refractivity contribution in [3.63, 3.8) is 0 Å². The van der Waals surface area contributed by atoms with Gasteiger partial charge in [0.25, 0.3) is 0 Å². The zero-order valence-electron chi connectivity index (χ0n) is 15.4. The van der Waals surface area contributed by atoms with Crippen LogP contribution in [0.2, 0.25) is 0 Å². The molecule has 134 valence electrons. The zero-order valence-corrected chi connectivity index (χ0v) is 15.4. The molecule has 0 aromatic heterocycles. The number of nitrogens with zero attached hydrogens (tertiary/aromatic N) is 1. The molecule has 2 bridgehead atoms. The van der Waals surface area contributed by atoms with Gasteiger partial charge < -0.3 is 0 Å². The van der Waals surface area contributed by atoms with Gasteiger partial charge in [-0.15, -0.1) is 0 Å². The van der Waals surface area contributed by atoms with Crippen molar-refractivity contribution in [1.29, 1.82) is 0 Å². The maximum absolute atomic E-state index is 13.2. The molecule has 1 aliphatic heterocycles. The minimum absolute atomic E-state index is 0.0481. The highest BCUT2D eigenvalue weighted by Gasteiger charge is 2.61. The predicted molar refractivity (Wildman–Crippen MR) is 106 cm³/mol. The molecule has 0 spiro atoms. The summed E-state index contributed by atoms with van der Waals surface area (Å²) in [6.45, 7) is 4.16. The van der Waals surface area contributed by atoms with Crippen molar-refractivity contribution in [2.45, 2.75) is 13.8 Å². The van der Waals surface area contributed by atoms with E-state index in [2.05, 4.69) is 38.1 Å². The van der Waals surface area contributed by atoms with Crippen LogP contribution in [0.25, 0.3) is 11.1 Å². The first kappa shape index (κ1) is 16.2. The number of fused-ring (bicyclic) bond motifs is 5. The van der Waals surface area contributed by atoms with Crippen molar-refractivity contribution in [1.82, 2.24) is 0 Å². The molecule has 3 nitrogen and oxygen atoms in total. The van der Waals surface area contributed by atoms with Crippen LogP contribution < -0.4 is 4.90 Å². The SMILES string of the molecule is CC(C)=C1[C@H]2C=C[C@H]1[C@@H]1C(=O)N(c3ccc(-c4ccccc4)cc3)C(=O)[C@H]12. The van der Waals surface area contributed by atoms with Gasteiger partial charge in [-0.2, -0.15) is 0 Å². The van der Waals surface area contributed by atoms with E-state index in [1.54, 1.807) is 0 Å². The molecule has 2 aromatic carbocycles. The molecule has 0 radical (unpaired) electrons. The number of carbonyl (C=O) groups is 2. The van der Waals surface area contributed by atoms with Gasteiger partial charge in [-0.05, 0) is 37.1 Å². The number of imide groups is 1. The molecule has 3 heteroatoms. The number of anilines is 1. The van der Waals surface area contributed by atoms with E-state index in [4.69, 9.17) is 0 Å². The van der Waals surface area contributed by atoms with Gasteiger partial charge >= 0.3 is 0 Å². The summed E-state index contributed by atoms with van der Waals surface area (Å²) >= 11 is 0. The van der Waals surface area contributed by atoms with Crippen LogP contribution >= 0.6 is 0 Å². The Balaban J connectivity index is 1.48. The topological polar surface area (TPSA) is 37.4 Å². The number of amides is 2. The van der Waals surface area contributed by atoms with E-state index in [-0.39, 0.29) is 35.5 Å². The molecule has 3 aliphatic rings. The number of rotatable bonds is 2. The molecule has 1 saturated heterocycles. The van der Waals surface area contributed by atoms with E-state index >= 15 is 0 Å². The molecule has 5 rings (SSSR count). The predicted octanol–water partition coefficient (Wildman–Crippen LogP) is 4.61. The number of carbonyl (C=O) groups excluding carboxylic acids is 2. The van der Waals surface area contributed by atoms with Crippen LogP contribution in [0.5, 0.6) is 0 Å². The number of hydrogen-bond donors (Lipinski definition) is 0. The summed E-state index contributed by atoms with van der Waals surface area (Å²) in [6.07, 6.45) is 4.25. The second kappa shape index (κ2) is 5.78. The Kier molecular flexibility index (Phi) is 3.48. The Hall–Kier alpha value is -2.94. The highest BCUT2D eigenvalue weighted by molar-refractivity contribution is 6.23. The number of hydrogen-bond acceptors (Lipinski definition) is 2. The Morgan fingerprint density at radius 2 is 1.26 bits per heavy atom. The zero-order chi connectivity index (χ0) is 18.7. The van der Waals surface area contributed by atoms with Gasteiger partial charge in [0.15, 0.2) is 0 Å². The Bertz CT molecular complexity index is 962. The third kappa shape index (κ3) is 2.21. The summed E-state index contributed by atoms with van der Waals surface area (Å²) in [5.41, 5.74) is 5.40. The van der Waals surface area contributed by atoms with E-state index in [0.717, 1.165) is 11.1 Å². The van der Waals surface area contributed by atoms with E-state index < -0.39 is 0 Å². The van der Waals surface area contributed by atoms with Gasteiger partial charge in [0.2, 0.25) is 11.8 Å². The molecular weight excluding hydrogens is 334 g/mol. The molecule has 1 heterocycles. The van der Waals surface area contributed by atoms with Crippen molar-refractivity contribution >= 4 is 17.5 Å². The lowest BCUT2D eigenvalue weighted by atomic mass is 9.85. The summed E-state index contributed by atoms with van der Waals surface area (Å²) in [6, 6.07) is 17.8. The highest BCUT2D eigenvalue weighted by atomic mass is 16.2. The van der Waals surface area contributed by atoms with Crippen molar-refractivity contribution in [2.24, 2.45) is 23.7 Å². The Morgan fingerprint density at radius 1 is 0.741 bits per heavy atom. The van der Waals surface area contributed by atoms with E-state index in [1.807, 2.05) is 42.5 Å². The summed E-state index contributed by atoms with van der Waals surface area (Å²) in [5.74, 6) is -0.372. The molecule has 2 fully saturated rings. The summed E-state index contributed by atoms with van der Waals surface area (Å²) < 4.78 is 0. The number of allylic oxidation sites excluding steroid dienone is 4. The molecule has 27 heavy (non-hydrogen) atoms. The lowest BCUT2D eigenvalue weighted by Crippen LogP contribution is -2.33. The fraction of sp³-hybridized carbons (Fsp3) is 0.250. The summed E-state index contributed by atoms with van der Waals surface area (Å²) in [7, 11) is 0. The smallest absolute Gasteiger partial charge is 0.238 e. The molecule has 0 unspecified atom stereocenters. The van der Waals surface area contributed by atoms with Crippen LogP contribution in [0.3, 0.4) is 0 Å². The minimum atomic E-state index is -0.230. The van der Waals surface area contributed by atoms with Crippen molar-refractivity contribution in [3.05, 3.63) is 77.9 Å². The molecule has 0 N–H and O–H groups in total. The van der Waals surface area contributed by atoms with E-state index in [9.17, 15) is 9.59 Å². The first-order valence-corrected chi connectivity index (χ1v) is 9.47. The summed E-state index contributed by atoms with van der Waals surface area (Å²) in [4.78, 5) is 27.7. The normalized spacial score (nSPS) is 28.2. The van der Waals surface area contributed by atoms with E-state index in [0.29, 0.717) is 5.69 Å². The average Bonchev–Trinajstić information content (AvgIpc) is 3.33. The van der Waals surface area contributed by atoms with Crippen LogP contribution in [0.4, 0.5) is 5.69 Å². The molecule has 2 aromatic rings. The number of benzene rings is 2. The first-order valence-electron chi connectivity index (χ1n) is 9.47. The molecule has 4 atom stereocenters. The maximum atomic E-state index is 13.2. The van der Waals surface area contributed by atoms with Gasteiger partial charge in [0.1, 0.15) is 0 Å². The fourth-order valence-electron chi connectivity index (χ4n) is 5.12. The van der Waals surface area contributed by atoms with Crippen LogP contribution in [0.1, 0.15) is 13.8 Å². The molecule has 2 aliphatic carbocycles. The van der Waals surface area contributed by atoms with Crippen LogP contribution in [0, 0.1) is 23.7 Å². The molecular formula is C24H21NO2. The second-order valence-corrected chi connectivity index (χ2v) is 7.87. The van der Waals surface area contributed by atoms with Crippen molar-refractivity contribution in [2.75, 3.05) is 4.90 Å². The lowest BCUT2D eigenvalue weighted by Gasteiger charge is -2.19. The third-order valence-corrected chi connectivity index (χ3v) is 6.23. The van der Waals surface area contributed by atoms with Crippen LogP contribution in [-0.2, 0) is 9.59 Å².